The van der Waals surface area contributed by atoms with Crippen molar-refractivity contribution in [3.05, 3.63) is 72.3 Å². The second-order valence-corrected chi connectivity index (χ2v) is 7.15. The van der Waals surface area contributed by atoms with Crippen LogP contribution in [0.25, 0.3) is 22.3 Å². The molecule has 29 heavy (non-hydrogen) atoms. The topological polar surface area (TPSA) is 63.6 Å². The van der Waals surface area contributed by atoms with Gasteiger partial charge in [-0.05, 0) is 48.6 Å². The predicted molar refractivity (Wildman–Crippen MR) is 107 cm³/mol. The lowest BCUT2D eigenvalue weighted by Gasteiger charge is -2.26. The third kappa shape index (κ3) is 3.40. The summed E-state index contributed by atoms with van der Waals surface area (Å²) in [6.07, 6.45) is 9.13. The first-order valence-electron chi connectivity index (χ1n) is 9.47. The molecule has 4 aromatic rings. The van der Waals surface area contributed by atoms with Gasteiger partial charge in [0.2, 0.25) is 5.95 Å². The van der Waals surface area contributed by atoms with Crippen LogP contribution < -0.4 is 5.32 Å². The number of pyridine rings is 2. The van der Waals surface area contributed by atoms with Gasteiger partial charge in [-0.2, -0.15) is 9.37 Å². The Balaban J connectivity index is 1.48. The average molecular weight is 389 g/mol. The Morgan fingerprint density at radius 1 is 0.966 bits per heavy atom. The Morgan fingerprint density at radius 2 is 1.86 bits per heavy atom. The van der Waals surface area contributed by atoms with E-state index < -0.39 is 11.8 Å². The molecule has 1 N–H and O–H groups in total. The van der Waals surface area contributed by atoms with Crippen LogP contribution in [0.5, 0.6) is 0 Å². The monoisotopic (exact) mass is 389 g/mol. The summed E-state index contributed by atoms with van der Waals surface area (Å²) >= 11 is 0. The van der Waals surface area contributed by atoms with Gasteiger partial charge in [0.25, 0.3) is 0 Å². The van der Waals surface area contributed by atoms with Gasteiger partial charge in [0, 0.05) is 29.0 Å². The lowest BCUT2D eigenvalue weighted by molar-refractivity contribution is 0.421. The minimum Gasteiger partial charge on any atom is -0.338 e. The van der Waals surface area contributed by atoms with Crippen LogP contribution in [0, 0.1) is 11.8 Å². The third-order valence-electron chi connectivity index (χ3n) is 5.28. The van der Waals surface area contributed by atoms with Crippen molar-refractivity contribution in [2.24, 2.45) is 0 Å². The average Bonchev–Trinajstić information content (AvgIpc) is 2.69. The number of hydrogen-bond acceptors (Lipinski definition) is 5. The summed E-state index contributed by atoms with van der Waals surface area (Å²) in [4.78, 5) is 17.1. The van der Waals surface area contributed by atoms with E-state index in [4.69, 9.17) is 0 Å². The molecule has 0 aliphatic heterocycles. The molecule has 144 valence electrons. The van der Waals surface area contributed by atoms with E-state index in [-0.39, 0.29) is 5.82 Å². The normalized spacial score (nSPS) is 14.0. The highest BCUT2D eigenvalue weighted by atomic mass is 19.1. The van der Waals surface area contributed by atoms with Gasteiger partial charge in [-0.15, -0.1) is 0 Å². The highest BCUT2D eigenvalue weighted by Crippen LogP contribution is 2.39. The summed E-state index contributed by atoms with van der Waals surface area (Å²) < 4.78 is 27.2. The molecule has 0 amide bonds. The van der Waals surface area contributed by atoms with E-state index in [9.17, 15) is 8.78 Å². The standard InChI is InChI=1S/C22H17F2N5/c23-18-7-8-20(24)29-22(18)27-15-6-2-5-14(9-15)21-26-11-17-16(13-3-1-4-13)10-25-12-19(17)28-21/h2,5-13H,1,3-4H2,(H,27,29). The van der Waals surface area contributed by atoms with Crippen LogP contribution in [0.2, 0.25) is 0 Å². The van der Waals surface area contributed by atoms with Gasteiger partial charge in [0.15, 0.2) is 17.5 Å². The Kier molecular flexibility index (Phi) is 4.35. The maximum atomic E-state index is 13.9. The van der Waals surface area contributed by atoms with Crippen molar-refractivity contribution in [2.45, 2.75) is 25.2 Å². The molecule has 0 atom stereocenters. The van der Waals surface area contributed by atoms with Crippen LogP contribution in [0.3, 0.4) is 0 Å². The molecular formula is C22H17F2N5. The fourth-order valence-corrected chi connectivity index (χ4v) is 3.54. The second-order valence-electron chi connectivity index (χ2n) is 7.15. The lowest BCUT2D eigenvalue weighted by Crippen LogP contribution is -2.10. The third-order valence-corrected chi connectivity index (χ3v) is 5.28. The molecule has 0 radical (unpaired) electrons. The maximum absolute atomic E-state index is 13.9. The number of anilines is 2. The summed E-state index contributed by atoms with van der Waals surface area (Å²) in [6, 6.07) is 9.19. The first-order valence-corrected chi connectivity index (χ1v) is 9.47. The molecule has 1 aliphatic carbocycles. The molecule has 1 saturated carbocycles. The van der Waals surface area contributed by atoms with Crippen LogP contribution in [-0.4, -0.2) is 19.9 Å². The Morgan fingerprint density at radius 3 is 2.69 bits per heavy atom. The van der Waals surface area contributed by atoms with Gasteiger partial charge < -0.3 is 5.32 Å². The Hall–Kier alpha value is -3.48. The number of rotatable bonds is 4. The maximum Gasteiger partial charge on any atom is 0.214 e. The summed E-state index contributed by atoms with van der Waals surface area (Å²) in [6.45, 7) is 0. The van der Waals surface area contributed by atoms with Crippen LogP contribution in [-0.2, 0) is 0 Å². The summed E-state index contributed by atoms with van der Waals surface area (Å²) in [5.74, 6) is -0.467. The van der Waals surface area contributed by atoms with Crippen LogP contribution in [0.15, 0.2) is 55.0 Å². The number of fused-ring (bicyclic) bond motifs is 1. The van der Waals surface area contributed by atoms with Crippen molar-refractivity contribution in [3.63, 3.8) is 0 Å². The molecular weight excluding hydrogens is 372 g/mol. The Labute approximate surface area is 165 Å². The van der Waals surface area contributed by atoms with E-state index in [1.54, 1.807) is 24.4 Å². The molecule has 5 nitrogen and oxygen atoms in total. The Bertz CT molecular complexity index is 1210. The van der Waals surface area contributed by atoms with Crippen LogP contribution >= 0.6 is 0 Å². The summed E-state index contributed by atoms with van der Waals surface area (Å²) in [5, 5.41) is 3.84. The van der Waals surface area contributed by atoms with Crippen molar-refractivity contribution in [1.29, 1.82) is 0 Å². The molecule has 0 saturated heterocycles. The number of hydrogen-bond donors (Lipinski definition) is 1. The quantitative estimate of drug-likeness (QED) is 0.475. The van der Waals surface area contributed by atoms with E-state index in [1.165, 1.54) is 24.8 Å². The molecule has 0 spiro atoms. The zero-order valence-electron chi connectivity index (χ0n) is 15.4. The molecule has 1 fully saturated rings. The van der Waals surface area contributed by atoms with Gasteiger partial charge >= 0.3 is 0 Å². The number of halogens is 2. The van der Waals surface area contributed by atoms with Crippen molar-refractivity contribution in [2.75, 3.05) is 5.32 Å². The summed E-state index contributed by atoms with van der Waals surface area (Å²) in [5.41, 5.74) is 3.33. The van der Waals surface area contributed by atoms with E-state index >= 15 is 0 Å². The number of nitrogens with zero attached hydrogens (tertiary/aromatic N) is 4. The molecule has 5 rings (SSSR count). The van der Waals surface area contributed by atoms with Gasteiger partial charge in [-0.1, -0.05) is 18.6 Å². The van der Waals surface area contributed by atoms with Crippen molar-refractivity contribution >= 4 is 22.4 Å². The van der Waals surface area contributed by atoms with Gasteiger partial charge in [-0.25, -0.2) is 14.4 Å². The molecule has 3 heterocycles. The largest absolute Gasteiger partial charge is 0.338 e. The van der Waals surface area contributed by atoms with E-state index in [0.717, 1.165) is 28.6 Å². The van der Waals surface area contributed by atoms with Crippen molar-refractivity contribution in [1.82, 2.24) is 19.9 Å². The molecule has 3 aromatic heterocycles. The SMILES string of the molecule is Fc1ccc(F)c(Nc2cccc(-c3ncc4c(C5CCC5)cncc4n3)c2)n1. The highest BCUT2D eigenvalue weighted by molar-refractivity contribution is 5.83. The lowest BCUT2D eigenvalue weighted by atomic mass is 9.79. The zero-order chi connectivity index (χ0) is 19.8. The van der Waals surface area contributed by atoms with E-state index in [1.807, 2.05) is 18.5 Å². The highest BCUT2D eigenvalue weighted by Gasteiger charge is 2.22. The van der Waals surface area contributed by atoms with Gasteiger partial charge in [-0.3, -0.25) is 4.98 Å². The summed E-state index contributed by atoms with van der Waals surface area (Å²) in [7, 11) is 0. The molecule has 7 heteroatoms. The molecule has 0 bridgehead atoms. The van der Waals surface area contributed by atoms with Crippen LogP contribution in [0.1, 0.15) is 30.7 Å². The number of nitrogens with one attached hydrogen (secondary N) is 1. The fraction of sp³-hybridized carbons (Fsp3) is 0.182. The number of aromatic nitrogens is 4. The molecule has 1 aliphatic rings. The zero-order valence-corrected chi connectivity index (χ0v) is 15.4. The first-order chi connectivity index (χ1) is 14.2. The predicted octanol–water partition coefficient (Wildman–Crippen LogP) is 5.38. The second kappa shape index (κ2) is 7.16. The molecule has 1 aromatic carbocycles. The molecule has 0 unspecified atom stereocenters. The van der Waals surface area contributed by atoms with E-state index in [0.29, 0.717) is 17.4 Å². The van der Waals surface area contributed by atoms with Gasteiger partial charge in [0.1, 0.15) is 0 Å². The van der Waals surface area contributed by atoms with Gasteiger partial charge in [0.05, 0.1) is 11.7 Å². The van der Waals surface area contributed by atoms with Crippen molar-refractivity contribution < 1.29 is 8.78 Å². The minimum atomic E-state index is -0.752. The number of benzene rings is 1. The van der Waals surface area contributed by atoms with E-state index in [2.05, 4.69) is 25.3 Å². The smallest absolute Gasteiger partial charge is 0.214 e. The first kappa shape index (κ1) is 17.6. The van der Waals surface area contributed by atoms with Crippen LogP contribution in [0.4, 0.5) is 20.3 Å². The minimum absolute atomic E-state index is 0.170. The fourth-order valence-electron chi connectivity index (χ4n) is 3.54. The van der Waals surface area contributed by atoms with Crippen molar-refractivity contribution in [3.8, 4) is 11.4 Å².